The minimum absolute atomic E-state index is 0.132. The minimum Gasteiger partial charge on any atom is -0.492 e. The van der Waals surface area contributed by atoms with Crippen LogP contribution in [0.1, 0.15) is 17.5 Å². The molecule has 0 amide bonds. The van der Waals surface area contributed by atoms with Gasteiger partial charge in [-0.2, -0.15) is 11.3 Å². The molecular weight excluding hydrogens is 308 g/mol. The van der Waals surface area contributed by atoms with E-state index < -0.39 is 10.0 Å². The van der Waals surface area contributed by atoms with E-state index >= 15 is 0 Å². The number of nitrogens with one attached hydrogen (secondary N) is 1. The Morgan fingerprint density at radius 3 is 3.00 bits per heavy atom. The highest BCUT2D eigenvalue weighted by Gasteiger charge is 2.25. The van der Waals surface area contributed by atoms with Gasteiger partial charge in [0.1, 0.15) is 10.6 Å². The molecule has 112 valence electrons. The van der Waals surface area contributed by atoms with Crippen molar-refractivity contribution in [3.8, 4) is 5.75 Å². The summed E-state index contributed by atoms with van der Waals surface area (Å²) in [7, 11) is -3.65. The van der Waals surface area contributed by atoms with Crippen LogP contribution in [0.5, 0.6) is 5.75 Å². The number of thiophene rings is 1. The van der Waals surface area contributed by atoms with E-state index in [4.69, 9.17) is 10.5 Å². The largest absolute Gasteiger partial charge is 0.492 e. The van der Waals surface area contributed by atoms with Gasteiger partial charge in [-0.1, -0.05) is 0 Å². The van der Waals surface area contributed by atoms with Gasteiger partial charge in [-0.3, -0.25) is 0 Å². The first-order valence-electron chi connectivity index (χ1n) is 6.62. The van der Waals surface area contributed by atoms with Crippen LogP contribution in [0.4, 0.5) is 5.69 Å². The Balaban J connectivity index is 1.93. The van der Waals surface area contributed by atoms with Gasteiger partial charge < -0.3 is 10.5 Å². The predicted octanol–water partition coefficient (Wildman–Crippen LogP) is 2.13. The number of ether oxygens (including phenoxy) is 1. The molecule has 7 heteroatoms. The summed E-state index contributed by atoms with van der Waals surface area (Å²) in [6.45, 7) is 0.791. The number of rotatable bonds is 4. The van der Waals surface area contributed by atoms with Crippen LogP contribution in [-0.4, -0.2) is 15.0 Å². The fourth-order valence-electron chi connectivity index (χ4n) is 2.32. The normalized spacial score (nSPS) is 14.5. The Morgan fingerprint density at radius 2 is 2.24 bits per heavy atom. The third kappa shape index (κ3) is 3.04. The lowest BCUT2D eigenvalue weighted by Crippen LogP contribution is -2.25. The zero-order valence-corrected chi connectivity index (χ0v) is 13.0. The molecule has 1 aromatic carbocycles. The van der Waals surface area contributed by atoms with Crippen LogP contribution in [0, 0.1) is 0 Å². The number of nitrogen functional groups attached to an aromatic ring is 1. The third-order valence-electron chi connectivity index (χ3n) is 3.33. The Hall–Kier alpha value is -1.57. The summed E-state index contributed by atoms with van der Waals surface area (Å²) < 4.78 is 33.2. The summed E-state index contributed by atoms with van der Waals surface area (Å²) in [4.78, 5) is 0.132. The van der Waals surface area contributed by atoms with Crippen LogP contribution in [0.15, 0.2) is 33.9 Å². The maximum Gasteiger partial charge on any atom is 0.244 e. The second kappa shape index (κ2) is 5.67. The van der Waals surface area contributed by atoms with Gasteiger partial charge in [0.25, 0.3) is 0 Å². The van der Waals surface area contributed by atoms with E-state index in [0.29, 0.717) is 18.0 Å². The number of aryl methyl sites for hydroxylation is 1. The molecule has 0 atom stereocenters. The first kappa shape index (κ1) is 14.4. The SMILES string of the molecule is Nc1cc2c(c(S(=O)(=O)NCc3ccsc3)c1)OCCC2. The van der Waals surface area contributed by atoms with Crippen molar-refractivity contribution in [2.45, 2.75) is 24.3 Å². The van der Waals surface area contributed by atoms with Crippen molar-refractivity contribution >= 4 is 27.0 Å². The molecule has 0 aliphatic carbocycles. The molecular formula is C14H16N2O3S2. The Morgan fingerprint density at radius 1 is 1.38 bits per heavy atom. The molecule has 0 saturated heterocycles. The molecule has 2 aromatic rings. The summed E-state index contributed by atoms with van der Waals surface area (Å²) in [6, 6.07) is 5.13. The van der Waals surface area contributed by atoms with E-state index in [1.807, 2.05) is 16.8 Å². The smallest absolute Gasteiger partial charge is 0.244 e. The summed E-state index contributed by atoms with van der Waals surface area (Å²) in [5.74, 6) is 0.438. The van der Waals surface area contributed by atoms with E-state index in [1.165, 1.54) is 17.4 Å². The van der Waals surface area contributed by atoms with E-state index in [2.05, 4.69) is 4.72 Å². The monoisotopic (exact) mass is 324 g/mol. The first-order valence-corrected chi connectivity index (χ1v) is 9.05. The van der Waals surface area contributed by atoms with Crippen molar-refractivity contribution in [3.05, 3.63) is 40.1 Å². The van der Waals surface area contributed by atoms with E-state index in [-0.39, 0.29) is 11.4 Å². The average molecular weight is 324 g/mol. The summed E-state index contributed by atoms with van der Waals surface area (Å²) in [6.07, 6.45) is 1.66. The number of anilines is 1. The van der Waals surface area contributed by atoms with Gasteiger partial charge in [-0.25, -0.2) is 13.1 Å². The van der Waals surface area contributed by atoms with Crippen molar-refractivity contribution in [2.24, 2.45) is 0 Å². The molecule has 0 bridgehead atoms. The van der Waals surface area contributed by atoms with Crippen LogP contribution in [0.3, 0.4) is 0 Å². The maximum absolute atomic E-state index is 12.5. The number of nitrogens with two attached hydrogens (primary N) is 1. The van der Waals surface area contributed by atoms with Gasteiger partial charge >= 0.3 is 0 Å². The van der Waals surface area contributed by atoms with Gasteiger partial charge in [0.15, 0.2) is 0 Å². The zero-order chi connectivity index (χ0) is 14.9. The lowest BCUT2D eigenvalue weighted by atomic mass is 10.1. The van der Waals surface area contributed by atoms with E-state index in [9.17, 15) is 8.42 Å². The molecule has 5 nitrogen and oxygen atoms in total. The molecule has 2 heterocycles. The first-order chi connectivity index (χ1) is 10.1. The van der Waals surface area contributed by atoms with Gasteiger partial charge in [-0.15, -0.1) is 0 Å². The van der Waals surface area contributed by atoms with Crippen molar-refractivity contribution in [2.75, 3.05) is 12.3 Å². The second-order valence-electron chi connectivity index (χ2n) is 4.92. The van der Waals surface area contributed by atoms with Gasteiger partial charge in [0.05, 0.1) is 6.61 Å². The minimum atomic E-state index is -3.65. The fourth-order valence-corrected chi connectivity index (χ4v) is 4.23. The molecule has 1 aromatic heterocycles. The fraction of sp³-hybridized carbons (Fsp3) is 0.286. The molecule has 3 N–H and O–H groups in total. The van der Waals surface area contributed by atoms with Crippen LogP contribution in [0.25, 0.3) is 0 Å². The summed E-state index contributed by atoms with van der Waals surface area (Å²) in [5.41, 5.74) is 8.06. The van der Waals surface area contributed by atoms with E-state index in [1.54, 1.807) is 6.07 Å². The summed E-state index contributed by atoms with van der Waals surface area (Å²) >= 11 is 1.53. The van der Waals surface area contributed by atoms with Gasteiger partial charge in [0.2, 0.25) is 10.0 Å². The molecule has 21 heavy (non-hydrogen) atoms. The number of hydrogen-bond acceptors (Lipinski definition) is 5. The standard InChI is InChI=1S/C14H16N2O3S2/c15-12-6-11-2-1-4-19-14(11)13(7-12)21(17,18)16-8-10-3-5-20-9-10/h3,5-7,9,16H,1-2,4,8,15H2. The molecule has 1 aliphatic heterocycles. The highest BCUT2D eigenvalue weighted by atomic mass is 32.2. The summed E-state index contributed by atoms with van der Waals surface area (Å²) in [5, 5.41) is 3.82. The highest BCUT2D eigenvalue weighted by molar-refractivity contribution is 7.89. The Labute approximate surface area is 127 Å². The molecule has 0 spiro atoms. The van der Waals surface area contributed by atoms with Crippen molar-refractivity contribution in [1.82, 2.24) is 4.72 Å². The molecule has 0 fully saturated rings. The molecule has 3 rings (SSSR count). The predicted molar refractivity (Wildman–Crippen MR) is 83.0 cm³/mol. The van der Waals surface area contributed by atoms with Gasteiger partial charge in [-0.05, 0) is 52.9 Å². The maximum atomic E-state index is 12.5. The lowest BCUT2D eigenvalue weighted by Gasteiger charge is -2.21. The molecule has 0 saturated carbocycles. The lowest BCUT2D eigenvalue weighted by molar-refractivity contribution is 0.280. The number of sulfonamides is 1. The van der Waals surface area contributed by atoms with Crippen LogP contribution < -0.4 is 15.2 Å². The molecule has 0 unspecified atom stereocenters. The number of fused-ring (bicyclic) bond motifs is 1. The highest BCUT2D eigenvalue weighted by Crippen LogP contribution is 2.34. The van der Waals surface area contributed by atoms with Crippen LogP contribution in [-0.2, 0) is 23.0 Å². The molecule has 0 radical (unpaired) electrons. The third-order valence-corrected chi connectivity index (χ3v) is 5.47. The number of benzene rings is 1. The van der Waals surface area contributed by atoms with Crippen molar-refractivity contribution < 1.29 is 13.2 Å². The Bertz CT molecular complexity index is 740. The second-order valence-corrected chi connectivity index (χ2v) is 7.43. The number of hydrogen-bond donors (Lipinski definition) is 2. The van der Waals surface area contributed by atoms with Crippen molar-refractivity contribution in [1.29, 1.82) is 0 Å². The van der Waals surface area contributed by atoms with Crippen molar-refractivity contribution in [3.63, 3.8) is 0 Å². The van der Waals surface area contributed by atoms with Crippen LogP contribution >= 0.6 is 11.3 Å². The van der Waals surface area contributed by atoms with Crippen LogP contribution in [0.2, 0.25) is 0 Å². The van der Waals surface area contributed by atoms with E-state index in [0.717, 1.165) is 24.0 Å². The topological polar surface area (TPSA) is 81.4 Å². The Kier molecular flexibility index (Phi) is 3.88. The van der Waals surface area contributed by atoms with Gasteiger partial charge in [0, 0.05) is 12.2 Å². The molecule has 1 aliphatic rings. The quantitative estimate of drug-likeness (QED) is 0.844. The average Bonchev–Trinajstić information content (AvgIpc) is 2.97. The zero-order valence-electron chi connectivity index (χ0n) is 11.3.